The number of aliphatic carboxylic acids is 1. The number of hydrogen-bond donors (Lipinski definition) is 6. The summed E-state index contributed by atoms with van der Waals surface area (Å²) >= 11 is 0. The molecule has 0 bridgehead atoms. The van der Waals surface area contributed by atoms with E-state index in [1.54, 1.807) is 0 Å². The van der Waals surface area contributed by atoms with Crippen LogP contribution in [0.4, 0.5) is 4.79 Å². The number of aliphatic hydroxyl groups excluding tert-OH is 4. The van der Waals surface area contributed by atoms with Crippen molar-refractivity contribution in [3.05, 3.63) is 59.7 Å². The van der Waals surface area contributed by atoms with Crippen molar-refractivity contribution in [1.29, 1.82) is 0 Å². The molecule has 2 unspecified atom stereocenters. The number of rotatable bonds is 8. The molecule has 1 aliphatic rings. The number of benzene rings is 2. The third-order valence-corrected chi connectivity index (χ3v) is 5.16. The van der Waals surface area contributed by atoms with Gasteiger partial charge < -0.3 is 35.6 Å². The Bertz CT molecular complexity index is 872. The Kier molecular flexibility index (Phi) is 6.68. The van der Waals surface area contributed by atoms with Crippen LogP contribution in [0.2, 0.25) is 0 Å². The summed E-state index contributed by atoms with van der Waals surface area (Å²) < 4.78 is 5.22. The highest BCUT2D eigenvalue weighted by molar-refractivity contribution is 5.81. The smallest absolute Gasteiger partial charge is 0.407 e. The molecule has 1 amide bonds. The van der Waals surface area contributed by atoms with E-state index in [2.05, 4.69) is 0 Å². The number of nitrogens with one attached hydrogen (secondary N) is 1. The first-order valence-corrected chi connectivity index (χ1v) is 9.34. The van der Waals surface area contributed by atoms with Crippen molar-refractivity contribution in [2.75, 3.05) is 13.2 Å². The number of hydrogen-bond acceptors (Lipinski definition) is 7. The van der Waals surface area contributed by atoms with Crippen LogP contribution >= 0.6 is 0 Å². The van der Waals surface area contributed by atoms with Gasteiger partial charge in [0.05, 0.1) is 6.61 Å². The van der Waals surface area contributed by atoms with Crippen LogP contribution in [0.5, 0.6) is 0 Å². The molecule has 3 rings (SSSR count). The third-order valence-electron chi connectivity index (χ3n) is 5.16. The largest absolute Gasteiger partial charge is 0.480 e. The van der Waals surface area contributed by atoms with Crippen molar-refractivity contribution in [1.82, 2.24) is 5.32 Å². The van der Waals surface area contributed by atoms with Crippen molar-refractivity contribution >= 4 is 12.1 Å². The van der Waals surface area contributed by atoms with Gasteiger partial charge in [0, 0.05) is 5.92 Å². The summed E-state index contributed by atoms with van der Waals surface area (Å²) in [4.78, 5) is 23.6. The number of aliphatic hydroxyl groups is 4. The average molecular weight is 417 g/mol. The van der Waals surface area contributed by atoms with Gasteiger partial charge in [0.1, 0.15) is 24.9 Å². The van der Waals surface area contributed by atoms with Gasteiger partial charge in [-0.1, -0.05) is 48.5 Å². The van der Waals surface area contributed by atoms with E-state index in [0.29, 0.717) is 0 Å². The first kappa shape index (κ1) is 21.7. The lowest BCUT2D eigenvalue weighted by molar-refractivity contribution is -0.148. The zero-order chi connectivity index (χ0) is 21.8. The normalized spacial score (nSPS) is 16.7. The lowest BCUT2D eigenvalue weighted by Crippen LogP contribution is -2.56. The average Bonchev–Trinajstić information content (AvgIpc) is 3.08. The molecule has 2 aromatic carbocycles. The fourth-order valence-corrected chi connectivity index (χ4v) is 3.59. The molecule has 9 heteroatoms. The molecular weight excluding hydrogens is 394 g/mol. The fraction of sp³-hybridized carbons (Fsp3) is 0.333. The monoisotopic (exact) mass is 417 g/mol. The fourth-order valence-electron chi connectivity index (χ4n) is 3.59. The van der Waals surface area contributed by atoms with Gasteiger partial charge in [0.15, 0.2) is 6.04 Å². The van der Waals surface area contributed by atoms with Crippen LogP contribution in [0.3, 0.4) is 0 Å². The minimum Gasteiger partial charge on any atom is -0.480 e. The highest BCUT2D eigenvalue weighted by Crippen LogP contribution is 2.44. The molecule has 0 aromatic heterocycles. The highest BCUT2D eigenvalue weighted by Gasteiger charge is 2.37. The molecule has 6 N–H and O–H groups in total. The van der Waals surface area contributed by atoms with Crippen LogP contribution in [0.1, 0.15) is 17.0 Å². The number of ether oxygens (including phenoxy) is 1. The van der Waals surface area contributed by atoms with Crippen molar-refractivity contribution in [2.45, 2.75) is 30.3 Å². The molecule has 4 atom stereocenters. The van der Waals surface area contributed by atoms with Gasteiger partial charge in [0.2, 0.25) is 0 Å². The van der Waals surface area contributed by atoms with E-state index in [-0.39, 0.29) is 12.5 Å². The van der Waals surface area contributed by atoms with Crippen LogP contribution < -0.4 is 5.32 Å². The summed E-state index contributed by atoms with van der Waals surface area (Å²) in [6.07, 6.45) is -6.92. The van der Waals surface area contributed by atoms with Crippen LogP contribution in [0, 0.1) is 0 Å². The van der Waals surface area contributed by atoms with E-state index < -0.39 is 43.0 Å². The van der Waals surface area contributed by atoms with Gasteiger partial charge in [-0.2, -0.15) is 0 Å². The predicted molar refractivity (Wildman–Crippen MR) is 105 cm³/mol. The van der Waals surface area contributed by atoms with E-state index in [0.717, 1.165) is 22.3 Å². The molecule has 2 aromatic rings. The van der Waals surface area contributed by atoms with E-state index in [4.69, 9.17) is 9.84 Å². The number of alkyl carbamates (subject to hydrolysis) is 1. The number of amides is 1. The minimum absolute atomic E-state index is 0.0654. The van der Waals surface area contributed by atoms with E-state index in [1.165, 1.54) is 0 Å². The van der Waals surface area contributed by atoms with Crippen molar-refractivity contribution in [3.8, 4) is 11.1 Å². The van der Waals surface area contributed by atoms with Crippen molar-refractivity contribution in [3.63, 3.8) is 0 Å². The molecule has 0 saturated heterocycles. The lowest BCUT2D eigenvalue weighted by Gasteiger charge is -2.26. The van der Waals surface area contributed by atoms with Gasteiger partial charge in [-0.3, -0.25) is 0 Å². The van der Waals surface area contributed by atoms with Crippen LogP contribution in [0.25, 0.3) is 11.1 Å². The number of carboxylic acid groups (broad SMARTS) is 1. The van der Waals surface area contributed by atoms with E-state index in [9.17, 15) is 30.0 Å². The maximum Gasteiger partial charge on any atom is 0.407 e. The Morgan fingerprint density at radius 2 is 1.47 bits per heavy atom. The lowest BCUT2D eigenvalue weighted by atomic mass is 9.98. The van der Waals surface area contributed by atoms with Crippen LogP contribution in [-0.2, 0) is 9.53 Å². The molecule has 160 valence electrons. The standard InChI is InChI=1S/C21H23NO8/c23-9-16(24)18(25)19(26)17(20(27)28)22-21(29)30-10-15-13-7-3-1-5-11(13)12-6-2-4-8-14(12)15/h1-8,15-19,23-26H,9-10H2,(H,22,29)(H,27,28)/t16-,17+,18?,19?/m1/s1. The van der Waals surface area contributed by atoms with Crippen LogP contribution in [-0.4, -0.2) is 75.2 Å². The van der Waals surface area contributed by atoms with Crippen molar-refractivity contribution in [2.24, 2.45) is 0 Å². The molecule has 0 spiro atoms. The number of fused-ring (bicyclic) bond motifs is 3. The summed E-state index contributed by atoms with van der Waals surface area (Å²) in [5, 5.41) is 49.2. The second-order valence-electron chi connectivity index (χ2n) is 7.02. The molecule has 0 radical (unpaired) electrons. The first-order valence-electron chi connectivity index (χ1n) is 9.34. The summed E-state index contributed by atoms with van der Waals surface area (Å²) in [5.74, 6) is -1.88. The van der Waals surface area contributed by atoms with Gasteiger partial charge >= 0.3 is 12.1 Å². The molecule has 0 fully saturated rings. The third kappa shape index (κ3) is 4.29. The zero-order valence-corrected chi connectivity index (χ0v) is 15.9. The Balaban J connectivity index is 1.69. The molecule has 9 nitrogen and oxygen atoms in total. The summed E-state index contributed by atoms with van der Waals surface area (Å²) in [7, 11) is 0. The summed E-state index contributed by atoms with van der Waals surface area (Å²) in [5.41, 5.74) is 4.01. The van der Waals surface area contributed by atoms with E-state index >= 15 is 0 Å². The number of carboxylic acids is 1. The summed E-state index contributed by atoms with van der Waals surface area (Å²) in [6, 6.07) is 13.4. The predicted octanol–water partition coefficient (Wildman–Crippen LogP) is 0.0533. The number of carbonyl (C=O) groups excluding carboxylic acids is 1. The van der Waals surface area contributed by atoms with Gasteiger partial charge in [0.25, 0.3) is 0 Å². The molecule has 0 aliphatic heterocycles. The first-order chi connectivity index (χ1) is 14.3. The Labute approximate surface area is 172 Å². The van der Waals surface area contributed by atoms with Gasteiger partial charge in [-0.15, -0.1) is 0 Å². The maximum atomic E-state index is 12.2. The molecule has 0 saturated carbocycles. The number of carbonyl (C=O) groups is 2. The topological polar surface area (TPSA) is 157 Å². The summed E-state index contributed by atoms with van der Waals surface area (Å²) in [6.45, 7) is -0.959. The highest BCUT2D eigenvalue weighted by atomic mass is 16.5. The second-order valence-corrected chi connectivity index (χ2v) is 7.02. The Morgan fingerprint density at radius 1 is 0.933 bits per heavy atom. The Hall–Kier alpha value is -2.98. The Morgan fingerprint density at radius 3 is 1.97 bits per heavy atom. The molecule has 1 aliphatic carbocycles. The second kappa shape index (κ2) is 9.23. The molecular formula is C21H23NO8. The maximum absolute atomic E-state index is 12.2. The molecule has 30 heavy (non-hydrogen) atoms. The zero-order valence-electron chi connectivity index (χ0n) is 15.9. The van der Waals surface area contributed by atoms with E-state index in [1.807, 2.05) is 53.8 Å². The quantitative estimate of drug-likeness (QED) is 0.352. The minimum atomic E-state index is -2.06. The van der Waals surface area contributed by atoms with Crippen LogP contribution in [0.15, 0.2) is 48.5 Å². The van der Waals surface area contributed by atoms with Gasteiger partial charge in [-0.05, 0) is 22.3 Å². The molecule has 0 heterocycles. The van der Waals surface area contributed by atoms with Gasteiger partial charge in [-0.25, -0.2) is 9.59 Å². The van der Waals surface area contributed by atoms with Crippen molar-refractivity contribution < 1.29 is 39.9 Å². The SMILES string of the molecule is O=C(N[C@H](C(=O)O)C(O)C(O)[C@H](O)CO)OCC1c2ccccc2-c2ccccc21.